The molecule has 0 saturated carbocycles. The van der Waals surface area contributed by atoms with Gasteiger partial charge < -0.3 is 9.42 Å². The molecule has 2 heterocycles. The minimum atomic E-state index is -3.55. The Labute approximate surface area is 171 Å². The fourth-order valence-corrected chi connectivity index (χ4v) is 4.80. The summed E-state index contributed by atoms with van der Waals surface area (Å²) < 4.78 is 32.4. The van der Waals surface area contributed by atoms with Crippen molar-refractivity contribution in [3.63, 3.8) is 0 Å². The maximum Gasteiger partial charge on any atom is 0.243 e. The van der Waals surface area contributed by atoms with E-state index in [0.717, 1.165) is 18.4 Å². The smallest absolute Gasteiger partial charge is 0.243 e. The number of benzene rings is 1. The zero-order chi connectivity index (χ0) is 20.9. The average Bonchev–Trinajstić information content (AvgIpc) is 2.99. The lowest BCUT2D eigenvalue weighted by Crippen LogP contribution is -2.37. The predicted octanol–water partition coefficient (Wildman–Crippen LogP) is 2.19. The first-order valence-electron chi connectivity index (χ1n) is 10.1. The Morgan fingerprint density at radius 3 is 2.59 bits per heavy atom. The van der Waals surface area contributed by atoms with E-state index in [0.29, 0.717) is 55.6 Å². The molecular weight excluding hydrogens is 392 g/mol. The molecule has 0 radical (unpaired) electrons. The van der Waals surface area contributed by atoms with Gasteiger partial charge in [-0.05, 0) is 31.9 Å². The summed E-state index contributed by atoms with van der Waals surface area (Å²) in [6.45, 7) is 5.59. The fourth-order valence-electron chi connectivity index (χ4n) is 3.33. The summed E-state index contributed by atoms with van der Waals surface area (Å²) >= 11 is 0. The van der Waals surface area contributed by atoms with Crippen LogP contribution in [0.15, 0.2) is 33.7 Å². The largest absolute Gasteiger partial charge is 0.341 e. The Hall–Kier alpha value is -2.26. The van der Waals surface area contributed by atoms with Gasteiger partial charge in [0.05, 0.1) is 4.90 Å². The summed E-state index contributed by atoms with van der Waals surface area (Å²) in [7, 11) is -3.55. The van der Waals surface area contributed by atoms with Crippen LogP contribution in [0.4, 0.5) is 0 Å². The van der Waals surface area contributed by atoms with Gasteiger partial charge in [-0.15, -0.1) is 0 Å². The fraction of sp³-hybridized carbons (Fsp3) is 0.550. The van der Waals surface area contributed by atoms with Crippen LogP contribution >= 0.6 is 0 Å². The van der Waals surface area contributed by atoms with E-state index in [1.54, 1.807) is 29.2 Å². The van der Waals surface area contributed by atoms with Crippen molar-refractivity contribution < 1.29 is 17.7 Å². The third-order valence-corrected chi connectivity index (χ3v) is 6.92. The lowest BCUT2D eigenvalue weighted by molar-refractivity contribution is -0.131. The highest BCUT2D eigenvalue weighted by atomic mass is 32.2. The highest BCUT2D eigenvalue weighted by Gasteiger charge is 2.28. The van der Waals surface area contributed by atoms with Gasteiger partial charge in [0.2, 0.25) is 21.8 Å². The van der Waals surface area contributed by atoms with Crippen LogP contribution in [0.1, 0.15) is 43.5 Å². The van der Waals surface area contributed by atoms with Gasteiger partial charge in [-0.1, -0.05) is 29.8 Å². The van der Waals surface area contributed by atoms with Crippen molar-refractivity contribution in [1.29, 1.82) is 0 Å². The monoisotopic (exact) mass is 420 g/mol. The van der Waals surface area contributed by atoms with Gasteiger partial charge in [-0.3, -0.25) is 4.79 Å². The van der Waals surface area contributed by atoms with Crippen LogP contribution in [0.2, 0.25) is 0 Å². The lowest BCUT2D eigenvalue weighted by atomic mass is 10.2. The summed E-state index contributed by atoms with van der Waals surface area (Å²) in [5.41, 5.74) is 1.01. The van der Waals surface area contributed by atoms with Gasteiger partial charge in [-0.25, -0.2) is 8.42 Å². The molecule has 0 unspecified atom stereocenters. The summed E-state index contributed by atoms with van der Waals surface area (Å²) in [6, 6.07) is 6.86. The van der Waals surface area contributed by atoms with Crippen molar-refractivity contribution in [2.75, 3.05) is 26.2 Å². The number of sulfonamides is 1. The molecule has 1 aliphatic rings. The molecule has 0 atom stereocenters. The molecule has 0 aliphatic carbocycles. The van der Waals surface area contributed by atoms with Gasteiger partial charge in [0, 0.05) is 45.4 Å². The van der Waals surface area contributed by atoms with Crippen molar-refractivity contribution in [2.45, 2.75) is 50.8 Å². The van der Waals surface area contributed by atoms with Crippen LogP contribution in [0, 0.1) is 6.92 Å². The molecule has 1 aromatic carbocycles. The van der Waals surface area contributed by atoms with Crippen molar-refractivity contribution >= 4 is 15.9 Å². The van der Waals surface area contributed by atoms with E-state index in [-0.39, 0.29) is 12.3 Å². The maximum atomic E-state index is 12.9. The SMILES string of the molecule is CCCc1noc(CCC(=O)N2CCCN(S(=O)(=O)c3ccc(C)cc3)CC2)n1. The number of carbonyl (C=O) groups excluding carboxylic acids is 1. The topological polar surface area (TPSA) is 96.6 Å². The zero-order valence-corrected chi connectivity index (χ0v) is 17.8. The summed E-state index contributed by atoms with van der Waals surface area (Å²) in [4.78, 5) is 18.9. The van der Waals surface area contributed by atoms with Gasteiger partial charge in [0.15, 0.2) is 5.82 Å². The second kappa shape index (κ2) is 9.49. The van der Waals surface area contributed by atoms with E-state index >= 15 is 0 Å². The Morgan fingerprint density at radius 2 is 1.86 bits per heavy atom. The van der Waals surface area contributed by atoms with Gasteiger partial charge in [0.25, 0.3) is 0 Å². The van der Waals surface area contributed by atoms with Crippen LogP contribution in [-0.4, -0.2) is 59.8 Å². The van der Waals surface area contributed by atoms with Crippen molar-refractivity contribution in [2.24, 2.45) is 0 Å². The molecule has 9 heteroatoms. The second-order valence-corrected chi connectivity index (χ2v) is 9.24. The Kier molecular flexibility index (Phi) is 7.02. The molecule has 1 aromatic heterocycles. The van der Waals surface area contributed by atoms with Crippen molar-refractivity contribution in [1.82, 2.24) is 19.3 Å². The first kappa shape index (κ1) is 21.4. The highest BCUT2D eigenvalue weighted by molar-refractivity contribution is 7.89. The van der Waals surface area contributed by atoms with Gasteiger partial charge in [-0.2, -0.15) is 9.29 Å². The number of hydrogen-bond donors (Lipinski definition) is 0. The van der Waals surface area contributed by atoms with Crippen LogP contribution in [0.5, 0.6) is 0 Å². The number of rotatable bonds is 7. The molecule has 1 amide bonds. The number of aryl methyl sites for hydroxylation is 3. The zero-order valence-electron chi connectivity index (χ0n) is 17.0. The molecule has 8 nitrogen and oxygen atoms in total. The van der Waals surface area contributed by atoms with Crippen molar-refractivity contribution in [3.8, 4) is 0 Å². The van der Waals surface area contributed by atoms with Gasteiger partial charge >= 0.3 is 0 Å². The third-order valence-electron chi connectivity index (χ3n) is 5.00. The Bertz CT molecular complexity index is 924. The van der Waals surface area contributed by atoms with Crippen LogP contribution in [0.25, 0.3) is 0 Å². The normalized spacial score (nSPS) is 16.0. The first-order chi connectivity index (χ1) is 13.9. The van der Waals surface area contributed by atoms with Crippen LogP contribution < -0.4 is 0 Å². The van der Waals surface area contributed by atoms with E-state index in [4.69, 9.17) is 4.52 Å². The first-order valence-corrected chi connectivity index (χ1v) is 11.5. The van der Waals surface area contributed by atoms with Gasteiger partial charge in [0.1, 0.15) is 0 Å². The molecular formula is C20H28N4O4S. The van der Waals surface area contributed by atoms with E-state index < -0.39 is 10.0 Å². The lowest BCUT2D eigenvalue weighted by Gasteiger charge is -2.22. The van der Waals surface area contributed by atoms with Crippen molar-refractivity contribution in [3.05, 3.63) is 41.5 Å². The number of aromatic nitrogens is 2. The number of carbonyl (C=O) groups is 1. The predicted molar refractivity (Wildman–Crippen MR) is 108 cm³/mol. The molecule has 1 fully saturated rings. The van der Waals surface area contributed by atoms with E-state index in [9.17, 15) is 13.2 Å². The van der Waals surface area contributed by atoms with E-state index in [1.807, 2.05) is 13.8 Å². The van der Waals surface area contributed by atoms with Crippen LogP contribution in [-0.2, 0) is 27.7 Å². The minimum Gasteiger partial charge on any atom is -0.341 e. The summed E-state index contributed by atoms with van der Waals surface area (Å²) in [5, 5.41) is 3.90. The minimum absolute atomic E-state index is 0.0187. The highest BCUT2D eigenvalue weighted by Crippen LogP contribution is 2.18. The summed E-state index contributed by atoms with van der Waals surface area (Å²) in [6.07, 6.45) is 2.98. The van der Waals surface area contributed by atoms with E-state index in [1.165, 1.54) is 4.31 Å². The van der Waals surface area contributed by atoms with E-state index in [2.05, 4.69) is 10.1 Å². The Balaban J connectivity index is 1.55. The number of hydrogen-bond acceptors (Lipinski definition) is 6. The summed E-state index contributed by atoms with van der Waals surface area (Å²) in [5.74, 6) is 1.12. The second-order valence-electron chi connectivity index (χ2n) is 7.31. The number of nitrogens with zero attached hydrogens (tertiary/aromatic N) is 4. The molecule has 0 bridgehead atoms. The molecule has 0 N–H and O–H groups in total. The molecule has 29 heavy (non-hydrogen) atoms. The number of amides is 1. The molecule has 3 rings (SSSR count). The average molecular weight is 421 g/mol. The molecule has 158 valence electrons. The molecule has 1 saturated heterocycles. The molecule has 2 aromatic rings. The Morgan fingerprint density at radius 1 is 1.10 bits per heavy atom. The van der Waals surface area contributed by atoms with Crippen LogP contribution in [0.3, 0.4) is 0 Å². The third kappa shape index (κ3) is 5.42. The standard InChI is InChI=1S/C20H28N4O4S/c1-3-5-18-21-19(28-22-18)10-11-20(25)23-12-4-13-24(15-14-23)29(26,27)17-8-6-16(2)7-9-17/h6-9H,3-5,10-15H2,1-2H3. The molecule has 1 aliphatic heterocycles. The molecule has 0 spiro atoms. The quantitative estimate of drug-likeness (QED) is 0.681. The maximum absolute atomic E-state index is 12.9.